The van der Waals surface area contributed by atoms with Gasteiger partial charge in [0.1, 0.15) is 0 Å². The summed E-state index contributed by atoms with van der Waals surface area (Å²) < 4.78 is 12.6. The fourth-order valence-corrected chi connectivity index (χ4v) is 4.19. The third-order valence-electron chi connectivity index (χ3n) is 5.73. The number of aromatic nitrogens is 2. The van der Waals surface area contributed by atoms with Crippen molar-refractivity contribution >= 4 is 8.25 Å². The zero-order valence-corrected chi connectivity index (χ0v) is 21.0. The Kier molecular flexibility index (Phi) is 10.3. The molecule has 1 heterocycles. The fourth-order valence-electron chi connectivity index (χ4n) is 4.19. The molecule has 2 N–H and O–H groups in total. The Hall–Kier alpha value is -3.18. The Labute approximate surface area is 207 Å². The molecule has 0 atom stereocenters. The summed E-state index contributed by atoms with van der Waals surface area (Å²) in [4.78, 5) is 28.1. The summed E-state index contributed by atoms with van der Waals surface area (Å²) in [6.07, 6.45) is 5.84. The summed E-state index contributed by atoms with van der Waals surface area (Å²) in [5, 5.41) is 0. The summed E-state index contributed by atoms with van der Waals surface area (Å²) in [5.41, 5.74) is 4.99. The SMILES string of the molecule is CCCCCCCn1c(-c2ccccc2)c(-c2ccccc2)n(-c2ccccc2)c1=O.O=[PH](O)O. The van der Waals surface area contributed by atoms with E-state index in [-0.39, 0.29) is 5.69 Å². The average Bonchev–Trinajstić information content (AvgIpc) is 3.17. The van der Waals surface area contributed by atoms with Crippen LogP contribution in [-0.2, 0) is 11.1 Å². The van der Waals surface area contributed by atoms with Crippen molar-refractivity contribution in [1.82, 2.24) is 9.13 Å². The van der Waals surface area contributed by atoms with Gasteiger partial charge >= 0.3 is 13.9 Å². The summed E-state index contributed by atoms with van der Waals surface area (Å²) >= 11 is 0. The van der Waals surface area contributed by atoms with E-state index in [4.69, 9.17) is 14.4 Å². The summed E-state index contributed by atoms with van der Waals surface area (Å²) in [6.45, 7) is 2.95. The van der Waals surface area contributed by atoms with E-state index in [1.807, 2.05) is 75.9 Å². The van der Waals surface area contributed by atoms with Crippen molar-refractivity contribution < 1.29 is 14.4 Å². The van der Waals surface area contributed by atoms with Crippen LogP contribution in [0.2, 0.25) is 0 Å². The molecular formula is C28H33N2O4P. The molecule has 4 rings (SSSR count). The molecule has 35 heavy (non-hydrogen) atoms. The van der Waals surface area contributed by atoms with Gasteiger partial charge in [0.15, 0.2) is 0 Å². The minimum Gasteiger partial charge on any atom is -0.326 e. The second kappa shape index (κ2) is 13.6. The Morgan fingerprint density at radius 2 is 1.14 bits per heavy atom. The maximum absolute atomic E-state index is 13.8. The molecule has 3 aromatic carbocycles. The van der Waals surface area contributed by atoms with Gasteiger partial charge in [0.2, 0.25) is 0 Å². The molecule has 0 saturated heterocycles. The molecule has 0 aliphatic rings. The summed E-state index contributed by atoms with van der Waals surface area (Å²) in [6, 6.07) is 30.5. The van der Waals surface area contributed by atoms with Crippen molar-refractivity contribution in [3.05, 3.63) is 101 Å². The molecule has 0 saturated carbocycles. The van der Waals surface area contributed by atoms with Crippen LogP contribution >= 0.6 is 8.25 Å². The number of imidazole rings is 1. The molecular weight excluding hydrogens is 459 g/mol. The lowest BCUT2D eigenvalue weighted by atomic mass is 10.0. The van der Waals surface area contributed by atoms with Gasteiger partial charge < -0.3 is 9.79 Å². The van der Waals surface area contributed by atoms with Crippen molar-refractivity contribution in [3.63, 3.8) is 0 Å². The molecule has 0 amide bonds. The van der Waals surface area contributed by atoms with Gasteiger partial charge in [0.05, 0.1) is 17.1 Å². The lowest BCUT2D eigenvalue weighted by molar-refractivity contribution is 0.405. The number of hydrogen-bond donors (Lipinski definition) is 2. The van der Waals surface area contributed by atoms with Gasteiger partial charge in [-0.25, -0.2) is 4.79 Å². The second-order valence-electron chi connectivity index (χ2n) is 8.23. The molecule has 0 bridgehead atoms. The first-order valence-corrected chi connectivity index (χ1v) is 13.3. The first kappa shape index (κ1) is 26.4. The largest absolute Gasteiger partial charge is 0.333 e. The maximum atomic E-state index is 13.8. The highest BCUT2D eigenvalue weighted by atomic mass is 31.1. The van der Waals surface area contributed by atoms with Crippen molar-refractivity contribution in [2.24, 2.45) is 0 Å². The standard InChI is InChI=1S/C28H30N2O.H3O3P/c1-2-3-4-5-15-22-29-26(23-16-9-6-10-17-23)27(24-18-11-7-12-19-24)30(28(29)31)25-20-13-8-14-21-25;1-4(2)3/h6-14,16-21H,2-5,15,22H2,1H3;4H,(H2,1,2,3). The summed E-state index contributed by atoms with van der Waals surface area (Å²) in [5.74, 6) is 0. The van der Waals surface area contributed by atoms with E-state index < -0.39 is 8.25 Å². The molecule has 0 aliphatic carbocycles. The Morgan fingerprint density at radius 1 is 0.686 bits per heavy atom. The zero-order valence-electron chi connectivity index (χ0n) is 20.0. The van der Waals surface area contributed by atoms with Crippen LogP contribution in [0.5, 0.6) is 0 Å². The average molecular weight is 493 g/mol. The molecule has 0 unspecified atom stereocenters. The van der Waals surface area contributed by atoms with E-state index in [1.165, 1.54) is 19.3 Å². The predicted molar refractivity (Wildman–Crippen MR) is 143 cm³/mol. The number of rotatable bonds is 9. The quantitative estimate of drug-likeness (QED) is 0.212. The molecule has 7 heteroatoms. The van der Waals surface area contributed by atoms with E-state index in [2.05, 4.69) is 31.2 Å². The lowest BCUT2D eigenvalue weighted by Gasteiger charge is -2.12. The van der Waals surface area contributed by atoms with Gasteiger partial charge in [0.25, 0.3) is 0 Å². The Bertz CT molecular complexity index is 1250. The third kappa shape index (κ3) is 7.15. The van der Waals surface area contributed by atoms with Crippen LogP contribution in [-0.4, -0.2) is 18.9 Å². The number of nitrogens with zero attached hydrogens (tertiary/aromatic N) is 2. The molecule has 1 aromatic heterocycles. The summed E-state index contributed by atoms with van der Waals surface area (Å²) in [7, 11) is -3.13. The van der Waals surface area contributed by atoms with Crippen LogP contribution in [0.3, 0.4) is 0 Å². The van der Waals surface area contributed by atoms with Crippen molar-refractivity contribution in [2.45, 2.75) is 45.6 Å². The molecule has 4 aromatic rings. The minimum absolute atomic E-state index is 0.0272. The van der Waals surface area contributed by atoms with Crippen molar-refractivity contribution in [3.8, 4) is 28.2 Å². The van der Waals surface area contributed by atoms with Gasteiger partial charge in [-0.3, -0.25) is 13.7 Å². The predicted octanol–water partition coefficient (Wildman–Crippen LogP) is 6.30. The highest BCUT2D eigenvalue weighted by Crippen LogP contribution is 2.33. The molecule has 184 valence electrons. The first-order chi connectivity index (χ1) is 17.0. The first-order valence-electron chi connectivity index (χ1n) is 12.0. The molecule has 0 fully saturated rings. The lowest BCUT2D eigenvalue weighted by Crippen LogP contribution is -2.24. The van der Waals surface area contributed by atoms with Gasteiger partial charge in [-0.2, -0.15) is 0 Å². The van der Waals surface area contributed by atoms with Crippen LogP contribution < -0.4 is 5.69 Å². The zero-order chi connectivity index (χ0) is 25.0. The highest BCUT2D eigenvalue weighted by molar-refractivity contribution is 7.30. The van der Waals surface area contributed by atoms with E-state index >= 15 is 0 Å². The smallest absolute Gasteiger partial charge is 0.326 e. The van der Waals surface area contributed by atoms with Crippen molar-refractivity contribution in [2.75, 3.05) is 0 Å². The topological polar surface area (TPSA) is 84.5 Å². The van der Waals surface area contributed by atoms with Gasteiger partial charge in [0, 0.05) is 17.7 Å². The van der Waals surface area contributed by atoms with Crippen LogP contribution in [0.1, 0.15) is 39.0 Å². The van der Waals surface area contributed by atoms with Crippen LogP contribution in [0.4, 0.5) is 0 Å². The number of unbranched alkanes of at least 4 members (excludes halogenated alkanes) is 4. The van der Waals surface area contributed by atoms with Gasteiger partial charge in [-0.1, -0.05) is 111 Å². The number of benzene rings is 3. The van der Waals surface area contributed by atoms with Gasteiger partial charge in [-0.05, 0) is 18.6 Å². The molecule has 0 aliphatic heterocycles. The monoisotopic (exact) mass is 492 g/mol. The second-order valence-corrected chi connectivity index (χ2v) is 8.80. The minimum atomic E-state index is -3.13. The molecule has 0 spiro atoms. The van der Waals surface area contributed by atoms with E-state index in [9.17, 15) is 4.79 Å². The van der Waals surface area contributed by atoms with Crippen LogP contribution in [0.15, 0.2) is 95.8 Å². The Balaban J connectivity index is 0.000000795. The fraction of sp³-hybridized carbons (Fsp3) is 0.250. The number of hydrogen-bond acceptors (Lipinski definition) is 2. The van der Waals surface area contributed by atoms with E-state index in [1.54, 1.807) is 0 Å². The number of para-hydroxylation sites is 1. The van der Waals surface area contributed by atoms with Gasteiger partial charge in [-0.15, -0.1) is 0 Å². The Morgan fingerprint density at radius 3 is 1.66 bits per heavy atom. The van der Waals surface area contributed by atoms with E-state index in [0.717, 1.165) is 47.6 Å². The molecule has 0 radical (unpaired) electrons. The van der Waals surface area contributed by atoms with Crippen LogP contribution in [0, 0.1) is 0 Å². The normalized spacial score (nSPS) is 10.7. The third-order valence-corrected chi connectivity index (χ3v) is 5.73. The van der Waals surface area contributed by atoms with Crippen molar-refractivity contribution in [1.29, 1.82) is 0 Å². The highest BCUT2D eigenvalue weighted by Gasteiger charge is 2.23. The maximum Gasteiger partial charge on any atom is 0.333 e. The molecule has 6 nitrogen and oxygen atoms in total. The van der Waals surface area contributed by atoms with E-state index in [0.29, 0.717) is 0 Å². The van der Waals surface area contributed by atoms with Crippen LogP contribution in [0.25, 0.3) is 28.2 Å².